The average Bonchev–Trinajstić information content (AvgIpc) is 3.33. The Labute approximate surface area is 197 Å². The molecule has 4 heterocycles. The molecule has 1 aromatic carbocycles. The zero-order chi connectivity index (χ0) is 23.8. The van der Waals surface area contributed by atoms with E-state index in [2.05, 4.69) is 5.32 Å². The first-order valence-corrected chi connectivity index (χ1v) is 11.5. The summed E-state index contributed by atoms with van der Waals surface area (Å²) < 4.78 is 7.26. The lowest BCUT2D eigenvalue weighted by atomic mass is 9.83. The predicted molar refractivity (Wildman–Crippen MR) is 128 cm³/mol. The smallest absolute Gasteiger partial charge is 0.270 e. The number of aryl methyl sites for hydroxylation is 2. The van der Waals surface area contributed by atoms with Gasteiger partial charge in [0.15, 0.2) is 0 Å². The van der Waals surface area contributed by atoms with Crippen LogP contribution in [0.1, 0.15) is 45.3 Å². The minimum Gasteiger partial charge on any atom is -0.465 e. The van der Waals surface area contributed by atoms with Crippen LogP contribution in [0.4, 0.5) is 0 Å². The van der Waals surface area contributed by atoms with Crippen molar-refractivity contribution in [2.24, 2.45) is 5.92 Å². The molecule has 2 aliphatic rings. The molecular formula is C27H27N3O4. The Morgan fingerprint density at radius 1 is 1.03 bits per heavy atom. The molecule has 2 unspecified atom stereocenters. The van der Waals surface area contributed by atoms with Gasteiger partial charge >= 0.3 is 0 Å². The minimum atomic E-state index is -0.344. The van der Waals surface area contributed by atoms with E-state index in [1.807, 2.05) is 36.6 Å². The molecule has 2 amide bonds. The number of piperidine rings is 1. The third-order valence-corrected chi connectivity index (χ3v) is 6.84. The van der Waals surface area contributed by atoms with E-state index in [9.17, 15) is 14.4 Å². The topological polar surface area (TPSA) is 84.6 Å². The van der Waals surface area contributed by atoms with E-state index in [1.54, 1.807) is 41.3 Å². The molecule has 174 valence electrons. The molecule has 1 N–H and O–H groups in total. The van der Waals surface area contributed by atoms with Gasteiger partial charge in [0.1, 0.15) is 11.5 Å². The normalized spacial score (nSPS) is 19.5. The van der Waals surface area contributed by atoms with Crippen LogP contribution in [-0.4, -0.2) is 34.4 Å². The summed E-state index contributed by atoms with van der Waals surface area (Å²) in [5, 5.41) is 2.83. The van der Waals surface area contributed by atoms with Gasteiger partial charge in [0.05, 0.1) is 6.26 Å². The lowest BCUT2D eigenvalue weighted by Crippen LogP contribution is -2.50. The van der Waals surface area contributed by atoms with Crippen LogP contribution in [0.5, 0.6) is 0 Å². The lowest BCUT2D eigenvalue weighted by molar-refractivity contribution is -0.130. The Morgan fingerprint density at radius 2 is 1.88 bits per heavy atom. The predicted octanol–water partition coefficient (Wildman–Crippen LogP) is 3.47. The maximum absolute atomic E-state index is 13.7. The highest BCUT2D eigenvalue weighted by Crippen LogP contribution is 2.35. The highest BCUT2D eigenvalue weighted by atomic mass is 16.3. The number of furan rings is 1. The van der Waals surface area contributed by atoms with Gasteiger partial charge in [-0.3, -0.25) is 14.4 Å². The van der Waals surface area contributed by atoms with Crippen molar-refractivity contribution in [1.82, 2.24) is 14.8 Å². The van der Waals surface area contributed by atoms with E-state index in [0.29, 0.717) is 31.0 Å². The number of nitrogens with one attached hydrogen (secondary N) is 1. The number of benzene rings is 1. The second-order valence-corrected chi connectivity index (χ2v) is 9.23. The van der Waals surface area contributed by atoms with Gasteiger partial charge in [-0.2, -0.15) is 0 Å². The Balaban J connectivity index is 1.42. The molecular weight excluding hydrogens is 430 g/mol. The monoisotopic (exact) mass is 457 g/mol. The van der Waals surface area contributed by atoms with Crippen molar-refractivity contribution in [3.8, 4) is 0 Å². The number of amides is 2. The fraction of sp³-hybridized carbons (Fsp3) is 0.296. The summed E-state index contributed by atoms with van der Waals surface area (Å²) in [6, 6.07) is 14.3. The van der Waals surface area contributed by atoms with E-state index in [0.717, 1.165) is 23.2 Å². The number of carbonyl (C=O) groups is 2. The van der Waals surface area contributed by atoms with Crippen LogP contribution in [0.25, 0.3) is 6.08 Å². The molecule has 34 heavy (non-hydrogen) atoms. The molecule has 7 nitrogen and oxygen atoms in total. The van der Waals surface area contributed by atoms with E-state index in [4.69, 9.17) is 4.42 Å². The molecule has 7 heteroatoms. The van der Waals surface area contributed by atoms with Gasteiger partial charge in [-0.1, -0.05) is 12.1 Å². The number of hydrogen-bond donors (Lipinski definition) is 1. The Morgan fingerprint density at radius 3 is 2.65 bits per heavy atom. The van der Waals surface area contributed by atoms with Crippen molar-refractivity contribution in [2.75, 3.05) is 13.1 Å². The molecule has 0 spiro atoms. The Kier molecular flexibility index (Phi) is 5.69. The number of pyridine rings is 1. The molecule has 0 radical (unpaired) electrons. The Hall–Kier alpha value is -3.87. The molecule has 2 bridgehead atoms. The van der Waals surface area contributed by atoms with Crippen LogP contribution >= 0.6 is 0 Å². The number of carbonyl (C=O) groups excluding carboxylic acids is 2. The summed E-state index contributed by atoms with van der Waals surface area (Å²) in [5.74, 6) is 0.164. The van der Waals surface area contributed by atoms with Crippen molar-refractivity contribution in [3.05, 3.63) is 99.0 Å². The van der Waals surface area contributed by atoms with Gasteiger partial charge in [-0.25, -0.2) is 0 Å². The quantitative estimate of drug-likeness (QED) is 0.608. The van der Waals surface area contributed by atoms with Crippen molar-refractivity contribution in [1.29, 1.82) is 0 Å². The SMILES string of the molecule is Cc1ccc(C(=O)N/C(=C\c2ccco2)C(=O)N2CC3CC(C2)c2cccc(=O)n2C3)cc1C. The number of nitrogens with zero attached hydrogens (tertiary/aromatic N) is 2. The van der Waals surface area contributed by atoms with E-state index in [1.165, 1.54) is 6.26 Å². The lowest BCUT2D eigenvalue weighted by Gasteiger charge is -2.42. The maximum atomic E-state index is 13.7. The van der Waals surface area contributed by atoms with Gasteiger partial charge < -0.3 is 19.2 Å². The highest BCUT2D eigenvalue weighted by molar-refractivity contribution is 6.05. The summed E-state index contributed by atoms with van der Waals surface area (Å²) in [5.41, 5.74) is 3.74. The first-order chi connectivity index (χ1) is 16.4. The van der Waals surface area contributed by atoms with E-state index >= 15 is 0 Å². The summed E-state index contributed by atoms with van der Waals surface area (Å²) in [6.45, 7) is 5.56. The van der Waals surface area contributed by atoms with Gasteiger partial charge in [-0.15, -0.1) is 0 Å². The van der Waals surface area contributed by atoms with Crippen molar-refractivity contribution < 1.29 is 14.0 Å². The minimum absolute atomic E-state index is 0.00559. The first kappa shape index (κ1) is 21.9. The second kappa shape index (κ2) is 8.82. The number of hydrogen-bond acceptors (Lipinski definition) is 4. The standard InChI is InChI=1S/C27H27N3O4/c1-17-8-9-20(11-18(17)2)26(32)28-23(13-22-5-4-10-34-22)27(33)29-14-19-12-21(16-29)24-6-3-7-25(31)30(24)15-19/h3-11,13,19,21H,12,14-16H2,1-2H3,(H,28,32)/b23-13-. The van der Waals surface area contributed by atoms with Crippen LogP contribution in [0.15, 0.2) is 69.7 Å². The molecule has 3 aromatic rings. The molecule has 0 saturated carbocycles. The number of likely N-dealkylation sites (tertiary alicyclic amines) is 1. The van der Waals surface area contributed by atoms with Crippen molar-refractivity contribution in [3.63, 3.8) is 0 Å². The zero-order valence-electron chi connectivity index (χ0n) is 19.3. The maximum Gasteiger partial charge on any atom is 0.270 e. The number of rotatable bonds is 4. The Bertz CT molecular complexity index is 1340. The van der Waals surface area contributed by atoms with Crippen LogP contribution < -0.4 is 10.9 Å². The molecule has 5 rings (SSSR count). The van der Waals surface area contributed by atoms with Gasteiger partial charge in [0.2, 0.25) is 0 Å². The third kappa shape index (κ3) is 4.21. The molecule has 1 fully saturated rings. The average molecular weight is 458 g/mol. The first-order valence-electron chi connectivity index (χ1n) is 11.5. The second-order valence-electron chi connectivity index (χ2n) is 9.23. The largest absolute Gasteiger partial charge is 0.465 e. The van der Waals surface area contributed by atoms with Crippen molar-refractivity contribution in [2.45, 2.75) is 32.7 Å². The van der Waals surface area contributed by atoms with Crippen LogP contribution in [0.3, 0.4) is 0 Å². The highest BCUT2D eigenvalue weighted by Gasteiger charge is 2.37. The van der Waals surface area contributed by atoms with Gasteiger partial charge in [0, 0.05) is 49.0 Å². The number of fused-ring (bicyclic) bond motifs is 4. The van der Waals surface area contributed by atoms with Crippen LogP contribution in [-0.2, 0) is 11.3 Å². The molecule has 2 aromatic heterocycles. The zero-order valence-corrected chi connectivity index (χ0v) is 19.3. The van der Waals surface area contributed by atoms with E-state index < -0.39 is 0 Å². The summed E-state index contributed by atoms with van der Waals surface area (Å²) in [6.07, 6.45) is 4.04. The number of aromatic nitrogens is 1. The summed E-state index contributed by atoms with van der Waals surface area (Å²) >= 11 is 0. The molecule has 2 aliphatic heterocycles. The van der Waals surface area contributed by atoms with Crippen LogP contribution in [0.2, 0.25) is 0 Å². The van der Waals surface area contributed by atoms with Gasteiger partial charge in [0.25, 0.3) is 17.4 Å². The fourth-order valence-electron chi connectivity index (χ4n) is 4.98. The third-order valence-electron chi connectivity index (χ3n) is 6.84. The summed E-state index contributed by atoms with van der Waals surface area (Å²) in [4.78, 5) is 40.8. The fourth-order valence-corrected chi connectivity index (χ4v) is 4.98. The van der Waals surface area contributed by atoms with Crippen molar-refractivity contribution >= 4 is 17.9 Å². The van der Waals surface area contributed by atoms with E-state index in [-0.39, 0.29) is 34.9 Å². The summed E-state index contributed by atoms with van der Waals surface area (Å²) in [7, 11) is 0. The molecule has 0 aliphatic carbocycles. The van der Waals surface area contributed by atoms with Crippen LogP contribution in [0, 0.1) is 19.8 Å². The molecule has 1 saturated heterocycles. The van der Waals surface area contributed by atoms with Gasteiger partial charge in [-0.05, 0) is 67.6 Å². The molecule has 2 atom stereocenters.